The van der Waals surface area contributed by atoms with Gasteiger partial charge in [0.25, 0.3) is 18.0 Å². The molecule has 0 aromatic heterocycles. The first-order valence-electron chi connectivity index (χ1n) is 6.34. The molecule has 1 fully saturated rings. The van der Waals surface area contributed by atoms with E-state index in [1.54, 1.807) is 0 Å². The summed E-state index contributed by atoms with van der Waals surface area (Å²) in [6.07, 6.45) is -8.20. The second-order valence-electron chi connectivity index (χ2n) is 5.24. The molecule has 2 aliphatic rings. The Bertz CT molecular complexity index is 411. The lowest BCUT2D eigenvalue weighted by atomic mass is 10.0. The van der Waals surface area contributed by atoms with Gasteiger partial charge in [0.1, 0.15) is 25.6 Å². The number of hydrogen-bond acceptors (Lipinski definition) is 5. The van der Waals surface area contributed by atoms with Gasteiger partial charge in [-0.1, -0.05) is 0 Å². The summed E-state index contributed by atoms with van der Waals surface area (Å²) in [5, 5.41) is 9.99. The molecule has 0 bridgehead atoms. The zero-order valence-electron chi connectivity index (χ0n) is 11.5. The van der Waals surface area contributed by atoms with E-state index in [0.29, 0.717) is 5.17 Å². The van der Waals surface area contributed by atoms with Crippen LogP contribution in [0.4, 0.5) is 17.6 Å². The van der Waals surface area contributed by atoms with E-state index in [1.165, 1.54) is 14.1 Å². The van der Waals surface area contributed by atoms with Gasteiger partial charge in [-0.15, -0.1) is 4.65 Å². The Morgan fingerprint density at radius 2 is 2.10 bits per heavy atom. The van der Waals surface area contributed by atoms with Crippen LogP contribution in [0.25, 0.3) is 0 Å². The number of ether oxygens (including phenoxy) is 1. The second-order valence-corrected chi connectivity index (χ2v) is 6.31. The predicted octanol–water partition coefficient (Wildman–Crippen LogP) is 1.47. The number of hydroxylamine groups is 3. The number of rotatable bonds is 4. The molecule has 0 spiro atoms. The maximum absolute atomic E-state index is 12.7. The van der Waals surface area contributed by atoms with Gasteiger partial charge in [-0.2, -0.15) is 4.84 Å². The molecule has 0 amide bonds. The minimum absolute atomic E-state index is 0.0466. The standard InChI is InChI=1S/C11H17F4N2O3S/c1-17(2,19-4-7(12)13)11-16-5-3-6(18)8(9(14)15)20-10(5)21-11/h5-10,18H,3-4H2,1-2H3/q+1. The number of nitrogens with zero attached hydrogens (tertiary/aromatic N) is 2. The third-order valence-electron chi connectivity index (χ3n) is 3.20. The highest BCUT2D eigenvalue weighted by Crippen LogP contribution is 2.39. The van der Waals surface area contributed by atoms with E-state index in [2.05, 4.69) is 4.99 Å². The van der Waals surface area contributed by atoms with Gasteiger partial charge in [0.2, 0.25) is 0 Å². The van der Waals surface area contributed by atoms with Crippen LogP contribution >= 0.6 is 11.8 Å². The van der Waals surface area contributed by atoms with Crippen LogP contribution in [0.2, 0.25) is 0 Å². The van der Waals surface area contributed by atoms with Crippen molar-refractivity contribution < 1.29 is 36.9 Å². The fourth-order valence-corrected chi connectivity index (χ4v) is 3.34. The van der Waals surface area contributed by atoms with E-state index in [4.69, 9.17) is 9.57 Å². The molecule has 0 saturated carbocycles. The van der Waals surface area contributed by atoms with Gasteiger partial charge in [-0.25, -0.2) is 22.6 Å². The fourth-order valence-electron chi connectivity index (χ4n) is 2.12. The molecular weight excluding hydrogens is 316 g/mol. The number of alkyl halides is 4. The lowest BCUT2D eigenvalue weighted by Gasteiger charge is -2.33. The predicted molar refractivity (Wildman–Crippen MR) is 68.2 cm³/mol. The van der Waals surface area contributed by atoms with Crippen LogP contribution in [-0.2, 0) is 9.57 Å². The van der Waals surface area contributed by atoms with E-state index in [-0.39, 0.29) is 11.1 Å². The molecule has 122 valence electrons. The number of quaternary nitrogens is 1. The van der Waals surface area contributed by atoms with Gasteiger partial charge in [0, 0.05) is 6.42 Å². The number of aliphatic hydroxyl groups excluding tert-OH is 1. The molecule has 0 aromatic carbocycles. The van der Waals surface area contributed by atoms with Crippen LogP contribution in [0, 0.1) is 0 Å². The van der Waals surface area contributed by atoms with Crippen LogP contribution in [-0.4, -0.2) is 72.2 Å². The first-order chi connectivity index (χ1) is 9.70. The number of thioether (sulfide) groups is 1. The summed E-state index contributed by atoms with van der Waals surface area (Å²) in [4.78, 5) is 9.31. The molecule has 0 aromatic rings. The molecule has 10 heteroatoms. The summed E-state index contributed by atoms with van der Waals surface area (Å²) in [5.41, 5.74) is -0.657. The van der Waals surface area contributed by atoms with E-state index in [9.17, 15) is 22.7 Å². The number of halogens is 4. The van der Waals surface area contributed by atoms with E-state index >= 15 is 0 Å². The number of aliphatic hydroxyl groups is 1. The fraction of sp³-hybridized carbons (Fsp3) is 0.909. The Morgan fingerprint density at radius 1 is 1.43 bits per heavy atom. The van der Waals surface area contributed by atoms with E-state index < -0.39 is 43.1 Å². The molecule has 0 aliphatic carbocycles. The molecule has 0 radical (unpaired) electrons. The van der Waals surface area contributed by atoms with Crippen molar-refractivity contribution in [2.24, 2.45) is 4.99 Å². The first-order valence-corrected chi connectivity index (χ1v) is 7.22. The van der Waals surface area contributed by atoms with Gasteiger partial charge in [0.15, 0.2) is 6.61 Å². The molecule has 2 heterocycles. The van der Waals surface area contributed by atoms with Gasteiger partial charge in [-0.05, 0) is 11.8 Å². The third kappa shape index (κ3) is 3.86. The minimum Gasteiger partial charge on any atom is -0.390 e. The van der Waals surface area contributed by atoms with Crippen molar-refractivity contribution in [1.82, 2.24) is 0 Å². The molecule has 2 aliphatic heterocycles. The largest absolute Gasteiger partial charge is 0.390 e. The molecule has 1 N–H and O–H groups in total. The Balaban J connectivity index is 2.02. The monoisotopic (exact) mass is 333 g/mol. The highest BCUT2D eigenvalue weighted by molar-refractivity contribution is 8.14. The Kier molecular flexibility index (Phi) is 5.14. The zero-order chi connectivity index (χ0) is 15.8. The summed E-state index contributed by atoms with van der Waals surface area (Å²) in [6, 6.07) is -0.484. The number of aliphatic imine (C=N–C) groups is 1. The molecule has 1 saturated heterocycles. The summed E-state index contributed by atoms with van der Waals surface area (Å²) < 4.78 is 54.7. The zero-order valence-corrected chi connectivity index (χ0v) is 12.3. The lowest BCUT2D eigenvalue weighted by molar-refractivity contribution is -1.00. The molecule has 4 atom stereocenters. The van der Waals surface area contributed by atoms with E-state index in [1.807, 2.05) is 0 Å². The quantitative estimate of drug-likeness (QED) is 0.481. The summed E-state index contributed by atoms with van der Waals surface area (Å²) in [7, 11) is 3.04. The SMILES string of the molecule is C[N+](C)(OCC(F)F)C1=NC2CC(O)C(C(F)F)OC2S1. The van der Waals surface area contributed by atoms with Crippen molar-refractivity contribution in [2.45, 2.75) is 43.0 Å². The highest BCUT2D eigenvalue weighted by Gasteiger charge is 2.49. The smallest absolute Gasteiger partial charge is 0.294 e. The van der Waals surface area contributed by atoms with Crippen LogP contribution in [0.3, 0.4) is 0 Å². The van der Waals surface area contributed by atoms with Crippen molar-refractivity contribution in [2.75, 3.05) is 20.7 Å². The summed E-state index contributed by atoms with van der Waals surface area (Å²) in [5.74, 6) is 0. The summed E-state index contributed by atoms with van der Waals surface area (Å²) >= 11 is 1.06. The maximum Gasteiger partial charge on any atom is 0.294 e. The van der Waals surface area contributed by atoms with Gasteiger partial charge < -0.3 is 9.84 Å². The van der Waals surface area contributed by atoms with Crippen molar-refractivity contribution >= 4 is 16.9 Å². The second kappa shape index (κ2) is 6.37. The highest BCUT2D eigenvalue weighted by atomic mass is 32.2. The Labute approximate surface area is 123 Å². The maximum atomic E-state index is 12.7. The molecule has 2 rings (SSSR count). The Hall–Kier alpha value is -0.420. The van der Waals surface area contributed by atoms with E-state index in [0.717, 1.165) is 11.8 Å². The van der Waals surface area contributed by atoms with Crippen LogP contribution in [0.1, 0.15) is 6.42 Å². The minimum atomic E-state index is -2.79. The van der Waals surface area contributed by atoms with Crippen LogP contribution < -0.4 is 0 Å². The van der Waals surface area contributed by atoms with Gasteiger partial charge in [-0.3, -0.25) is 0 Å². The first kappa shape index (κ1) is 16.9. The third-order valence-corrected chi connectivity index (χ3v) is 4.61. The molecular formula is C11H17F4N2O3S+. The van der Waals surface area contributed by atoms with Crippen molar-refractivity contribution in [1.29, 1.82) is 0 Å². The van der Waals surface area contributed by atoms with Crippen LogP contribution in [0.15, 0.2) is 4.99 Å². The molecule has 5 nitrogen and oxygen atoms in total. The normalized spacial score (nSPS) is 33.5. The number of amidine groups is 1. The van der Waals surface area contributed by atoms with Crippen LogP contribution in [0.5, 0.6) is 0 Å². The van der Waals surface area contributed by atoms with Gasteiger partial charge in [0.05, 0.1) is 12.1 Å². The van der Waals surface area contributed by atoms with Gasteiger partial charge >= 0.3 is 0 Å². The average Bonchev–Trinajstić information content (AvgIpc) is 2.78. The topological polar surface area (TPSA) is 51.0 Å². The van der Waals surface area contributed by atoms with Crippen molar-refractivity contribution in [3.05, 3.63) is 0 Å². The Morgan fingerprint density at radius 3 is 2.67 bits per heavy atom. The number of hydrogen-bond donors (Lipinski definition) is 1. The molecule has 21 heavy (non-hydrogen) atoms. The lowest BCUT2D eigenvalue weighted by Crippen LogP contribution is -2.47. The van der Waals surface area contributed by atoms with Crippen molar-refractivity contribution in [3.8, 4) is 0 Å². The molecule has 4 unspecified atom stereocenters. The summed E-state index contributed by atoms with van der Waals surface area (Å²) in [6.45, 7) is -0.759. The van der Waals surface area contributed by atoms with Crippen molar-refractivity contribution in [3.63, 3.8) is 0 Å². The average molecular weight is 333 g/mol. The number of fused-ring (bicyclic) bond motifs is 1.